The predicted molar refractivity (Wildman–Crippen MR) is 117 cm³/mol. The first kappa shape index (κ1) is 21.3. The second-order valence-corrected chi connectivity index (χ2v) is 8.08. The lowest BCUT2D eigenvalue weighted by Crippen LogP contribution is -2.36. The molecule has 154 valence electrons. The number of urea groups is 2. The van der Waals surface area contributed by atoms with Gasteiger partial charge < -0.3 is 21.3 Å². The largest absolute Gasteiger partial charge is 0.336 e. The van der Waals surface area contributed by atoms with E-state index in [0.717, 1.165) is 29.5 Å². The highest BCUT2D eigenvalue weighted by molar-refractivity contribution is 6.42. The van der Waals surface area contributed by atoms with Crippen LogP contribution in [0.5, 0.6) is 0 Å². The highest BCUT2D eigenvalue weighted by Gasteiger charge is 2.26. The van der Waals surface area contributed by atoms with E-state index in [1.54, 1.807) is 18.2 Å². The molecule has 0 saturated carbocycles. The molecule has 0 spiro atoms. The quantitative estimate of drug-likeness (QED) is 0.533. The minimum atomic E-state index is -0.247. The van der Waals surface area contributed by atoms with E-state index < -0.39 is 0 Å². The van der Waals surface area contributed by atoms with Crippen LogP contribution in [-0.4, -0.2) is 18.1 Å². The third kappa shape index (κ3) is 5.55. The molecule has 6 nitrogen and oxygen atoms in total. The number of benzene rings is 2. The first-order valence-corrected chi connectivity index (χ1v) is 10.3. The molecule has 29 heavy (non-hydrogen) atoms. The normalized spacial score (nSPS) is 15.0. The summed E-state index contributed by atoms with van der Waals surface area (Å²) in [4.78, 5) is 24.0. The van der Waals surface area contributed by atoms with Gasteiger partial charge in [0.2, 0.25) is 0 Å². The Bertz CT molecular complexity index is 900. The maximum Gasteiger partial charge on any atom is 0.319 e. The number of halogens is 2. The van der Waals surface area contributed by atoms with Crippen molar-refractivity contribution in [2.75, 3.05) is 5.32 Å². The molecule has 3 rings (SSSR count). The average molecular weight is 435 g/mol. The van der Waals surface area contributed by atoms with Crippen LogP contribution in [0.4, 0.5) is 15.3 Å². The van der Waals surface area contributed by atoms with Gasteiger partial charge in [-0.15, -0.1) is 0 Å². The molecule has 0 fully saturated rings. The number of hydrogen-bond donors (Lipinski definition) is 4. The van der Waals surface area contributed by atoms with Crippen molar-refractivity contribution in [1.82, 2.24) is 16.0 Å². The minimum absolute atomic E-state index is 0.0665. The molecular weight excluding hydrogens is 411 g/mol. The van der Waals surface area contributed by atoms with Gasteiger partial charge in [-0.05, 0) is 61.6 Å². The summed E-state index contributed by atoms with van der Waals surface area (Å²) < 4.78 is 0. The van der Waals surface area contributed by atoms with Crippen LogP contribution in [0.1, 0.15) is 43.0 Å². The number of hydrogen-bond acceptors (Lipinski definition) is 2. The van der Waals surface area contributed by atoms with Crippen molar-refractivity contribution in [1.29, 1.82) is 0 Å². The van der Waals surface area contributed by atoms with Crippen molar-refractivity contribution in [2.45, 2.75) is 45.3 Å². The number of amides is 4. The molecule has 2 aromatic carbocycles. The van der Waals surface area contributed by atoms with Gasteiger partial charge in [0.25, 0.3) is 0 Å². The Hall–Kier alpha value is -2.44. The predicted octanol–water partition coefficient (Wildman–Crippen LogP) is 5.01. The second-order valence-electron chi connectivity index (χ2n) is 7.30. The lowest BCUT2D eigenvalue weighted by atomic mass is 10.1. The van der Waals surface area contributed by atoms with Gasteiger partial charge in [-0.25, -0.2) is 9.59 Å². The molecule has 0 radical (unpaired) electrons. The summed E-state index contributed by atoms with van der Waals surface area (Å²) in [5.41, 5.74) is 3.64. The number of nitrogens with one attached hydrogen (secondary N) is 4. The van der Waals surface area contributed by atoms with E-state index in [-0.39, 0.29) is 24.1 Å². The Morgan fingerprint density at radius 1 is 1.07 bits per heavy atom. The van der Waals surface area contributed by atoms with Gasteiger partial charge >= 0.3 is 12.1 Å². The molecule has 0 saturated heterocycles. The SMILES string of the molecule is CC(C)NC(=O)Nc1ccc(CNC(=O)NC2CCc3c2ccc(Cl)c3Cl)cc1. The van der Waals surface area contributed by atoms with E-state index in [4.69, 9.17) is 23.2 Å². The van der Waals surface area contributed by atoms with Gasteiger partial charge in [-0.3, -0.25) is 0 Å². The van der Waals surface area contributed by atoms with Crippen molar-refractivity contribution in [3.05, 3.63) is 63.1 Å². The van der Waals surface area contributed by atoms with Gasteiger partial charge in [0.05, 0.1) is 16.1 Å². The summed E-state index contributed by atoms with van der Waals surface area (Å²) in [6.45, 7) is 4.17. The van der Waals surface area contributed by atoms with Crippen LogP contribution in [0, 0.1) is 0 Å². The molecule has 1 atom stereocenters. The number of fused-ring (bicyclic) bond motifs is 1. The highest BCUT2D eigenvalue weighted by atomic mass is 35.5. The van der Waals surface area contributed by atoms with Crippen LogP contribution in [0.3, 0.4) is 0 Å². The molecule has 0 aliphatic heterocycles. The zero-order valence-corrected chi connectivity index (χ0v) is 17.8. The van der Waals surface area contributed by atoms with Crippen molar-refractivity contribution in [2.24, 2.45) is 0 Å². The van der Waals surface area contributed by atoms with Crippen LogP contribution in [0.25, 0.3) is 0 Å². The van der Waals surface area contributed by atoms with E-state index in [1.807, 2.05) is 32.0 Å². The van der Waals surface area contributed by atoms with Gasteiger partial charge in [0.15, 0.2) is 0 Å². The first-order valence-electron chi connectivity index (χ1n) is 9.51. The maximum absolute atomic E-state index is 12.3. The van der Waals surface area contributed by atoms with Crippen molar-refractivity contribution < 1.29 is 9.59 Å². The summed E-state index contributed by atoms with van der Waals surface area (Å²) >= 11 is 12.3. The topological polar surface area (TPSA) is 82.3 Å². The summed E-state index contributed by atoms with van der Waals surface area (Å²) in [5.74, 6) is 0. The van der Waals surface area contributed by atoms with Gasteiger partial charge in [-0.2, -0.15) is 0 Å². The van der Waals surface area contributed by atoms with Crippen LogP contribution in [0.15, 0.2) is 36.4 Å². The third-order valence-electron chi connectivity index (χ3n) is 4.68. The Labute approximate surface area is 180 Å². The number of carbonyl (C=O) groups is 2. The first-order chi connectivity index (χ1) is 13.8. The zero-order chi connectivity index (χ0) is 21.0. The molecule has 1 aliphatic rings. The summed E-state index contributed by atoms with van der Waals surface area (Å²) in [6.07, 6.45) is 1.58. The fraction of sp³-hybridized carbons (Fsp3) is 0.333. The number of rotatable bonds is 5. The molecule has 1 unspecified atom stereocenters. The van der Waals surface area contributed by atoms with E-state index in [2.05, 4.69) is 21.3 Å². The zero-order valence-electron chi connectivity index (χ0n) is 16.3. The highest BCUT2D eigenvalue weighted by Crippen LogP contribution is 2.38. The molecule has 0 heterocycles. The number of carbonyl (C=O) groups excluding carboxylic acids is 2. The standard InChI is InChI=1S/C21H24Cl2N4O2/c1-12(2)25-21(29)26-14-5-3-13(4-6-14)11-24-20(28)27-18-10-8-16-15(18)7-9-17(22)19(16)23/h3-7,9,12,18H,8,10-11H2,1-2H3,(H2,24,27,28)(H2,25,26,29). The Kier molecular flexibility index (Phi) is 6.87. The van der Waals surface area contributed by atoms with Gasteiger partial charge in [0.1, 0.15) is 0 Å². The Morgan fingerprint density at radius 2 is 1.79 bits per heavy atom. The summed E-state index contributed by atoms with van der Waals surface area (Å²) in [7, 11) is 0. The molecule has 0 aromatic heterocycles. The molecule has 0 bridgehead atoms. The van der Waals surface area contributed by atoms with E-state index >= 15 is 0 Å². The van der Waals surface area contributed by atoms with Crippen molar-refractivity contribution in [3.8, 4) is 0 Å². The molecule has 1 aliphatic carbocycles. The van der Waals surface area contributed by atoms with Crippen molar-refractivity contribution in [3.63, 3.8) is 0 Å². The lowest BCUT2D eigenvalue weighted by molar-refractivity contribution is 0.236. The van der Waals surface area contributed by atoms with Crippen LogP contribution in [0.2, 0.25) is 10.0 Å². The molecule has 4 amide bonds. The summed E-state index contributed by atoms with van der Waals surface area (Å²) in [5, 5.41) is 12.5. The van der Waals surface area contributed by atoms with E-state index in [9.17, 15) is 9.59 Å². The fourth-order valence-electron chi connectivity index (χ4n) is 3.31. The summed E-state index contributed by atoms with van der Waals surface area (Å²) in [6, 6.07) is 10.5. The molecule has 4 N–H and O–H groups in total. The minimum Gasteiger partial charge on any atom is -0.336 e. The molecule has 8 heteroatoms. The second kappa shape index (κ2) is 9.37. The fourth-order valence-corrected chi connectivity index (χ4v) is 3.75. The Balaban J connectivity index is 1.49. The van der Waals surface area contributed by atoms with Crippen molar-refractivity contribution >= 4 is 41.0 Å². The third-order valence-corrected chi connectivity index (χ3v) is 5.52. The maximum atomic E-state index is 12.3. The molecular formula is C21H24Cl2N4O2. The lowest BCUT2D eigenvalue weighted by Gasteiger charge is -2.15. The molecule has 2 aromatic rings. The van der Waals surface area contributed by atoms with Gasteiger partial charge in [0, 0.05) is 18.3 Å². The Morgan fingerprint density at radius 3 is 2.48 bits per heavy atom. The van der Waals surface area contributed by atoms with Crippen LogP contribution in [-0.2, 0) is 13.0 Å². The average Bonchev–Trinajstić information content (AvgIpc) is 3.07. The van der Waals surface area contributed by atoms with E-state index in [0.29, 0.717) is 22.3 Å². The van der Waals surface area contributed by atoms with Crippen LogP contribution < -0.4 is 21.3 Å². The van der Waals surface area contributed by atoms with Crippen LogP contribution >= 0.6 is 23.2 Å². The smallest absolute Gasteiger partial charge is 0.319 e. The monoisotopic (exact) mass is 434 g/mol. The van der Waals surface area contributed by atoms with E-state index in [1.165, 1.54) is 0 Å². The van der Waals surface area contributed by atoms with Gasteiger partial charge in [-0.1, -0.05) is 41.4 Å². The number of anilines is 1.